The first-order valence-corrected chi connectivity index (χ1v) is 4.46. The van der Waals surface area contributed by atoms with Gasteiger partial charge in [0, 0.05) is 0 Å². The molecule has 5 nitrogen and oxygen atoms in total. The number of hydrogen-bond donors (Lipinski definition) is 3. The molecule has 1 rings (SSSR count). The normalized spacial score (nSPS) is 13.7. The van der Waals surface area contributed by atoms with E-state index in [1.54, 1.807) is 13.8 Å². The zero-order chi connectivity index (χ0) is 10.8. The van der Waals surface area contributed by atoms with Gasteiger partial charge in [0.15, 0.2) is 0 Å². The van der Waals surface area contributed by atoms with Crippen molar-refractivity contribution in [2.24, 2.45) is 0 Å². The third kappa shape index (κ3) is 2.85. The summed E-state index contributed by atoms with van der Waals surface area (Å²) < 4.78 is 0. The van der Waals surface area contributed by atoms with Crippen molar-refractivity contribution in [2.75, 3.05) is 11.1 Å². The molecule has 0 aromatic carbocycles. The van der Waals surface area contributed by atoms with E-state index in [2.05, 4.69) is 15.3 Å². The molecular weight excluding hydrogens is 180 g/mol. The lowest BCUT2D eigenvalue weighted by atomic mass is 10.0. The molecule has 0 saturated heterocycles. The number of aliphatic hydroxyl groups is 1. The first kappa shape index (κ1) is 10.7. The largest absolute Gasteiger partial charge is 0.396 e. The predicted octanol–water partition coefficient (Wildman–Crippen LogP) is 0.630. The van der Waals surface area contributed by atoms with Crippen molar-refractivity contribution in [3.8, 4) is 0 Å². The van der Waals surface area contributed by atoms with Crippen LogP contribution in [0.1, 0.15) is 20.8 Å². The molecule has 1 unspecified atom stereocenters. The standard InChI is InChI=1S/C9H16N4O/c1-6(9(2,3)14)13-8-11-4-7(10)5-12-8/h4-6,14H,10H2,1-3H3,(H,11,12,13). The van der Waals surface area contributed by atoms with Crippen LogP contribution < -0.4 is 11.1 Å². The van der Waals surface area contributed by atoms with Gasteiger partial charge in [-0.05, 0) is 20.8 Å². The molecule has 0 saturated carbocycles. The zero-order valence-corrected chi connectivity index (χ0v) is 8.65. The molecule has 0 radical (unpaired) electrons. The molecule has 0 aliphatic carbocycles. The summed E-state index contributed by atoms with van der Waals surface area (Å²) in [4.78, 5) is 7.95. The molecule has 0 aliphatic rings. The third-order valence-corrected chi connectivity index (χ3v) is 2.08. The van der Waals surface area contributed by atoms with Crippen molar-refractivity contribution in [2.45, 2.75) is 32.4 Å². The summed E-state index contributed by atoms with van der Waals surface area (Å²) in [5.41, 5.74) is 5.15. The van der Waals surface area contributed by atoms with Crippen molar-refractivity contribution in [1.29, 1.82) is 0 Å². The van der Waals surface area contributed by atoms with E-state index in [-0.39, 0.29) is 6.04 Å². The molecular formula is C9H16N4O. The Hall–Kier alpha value is -1.36. The van der Waals surface area contributed by atoms with Crippen LogP contribution in [0.3, 0.4) is 0 Å². The molecule has 78 valence electrons. The number of aromatic nitrogens is 2. The molecule has 4 N–H and O–H groups in total. The van der Waals surface area contributed by atoms with Crippen LogP contribution in [0.25, 0.3) is 0 Å². The van der Waals surface area contributed by atoms with Crippen molar-refractivity contribution in [1.82, 2.24) is 9.97 Å². The van der Waals surface area contributed by atoms with Gasteiger partial charge in [0.1, 0.15) is 0 Å². The SMILES string of the molecule is CC(Nc1ncc(N)cn1)C(C)(C)O. The molecule has 0 spiro atoms. The Balaban J connectivity index is 2.65. The van der Waals surface area contributed by atoms with Gasteiger partial charge in [-0.3, -0.25) is 0 Å². The Morgan fingerprint density at radius 3 is 2.36 bits per heavy atom. The fourth-order valence-electron chi connectivity index (χ4n) is 0.783. The summed E-state index contributed by atoms with van der Waals surface area (Å²) in [6.45, 7) is 5.31. The third-order valence-electron chi connectivity index (χ3n) is 2.08. The van der Waals surface area contributed by atoms with Crippen LogP contribution >= 0.6 is 0 Å². The lowest BCUT2D eigenvalue weighted by Gasteiger charge is -2.26. The smallest absolute Gasteiger partial charge is 0.223 e. The summed E-state index contributed by atoms with van der Waals surface area (Å²) in [5, 5.41) is 12.6. The summed E-state index contributed by atoms with van der Waals surface area (Å²) in [7, 11) is 0. The van der Waals surface area contributed by atoms with E-state index >= 15 is 0 Å². The van der Waals surface area contributed by atoms with E-state index < -0.39 is 5.60 Å². The van der Waals surface area contributed by atoms with E-state index in [0.29, 0.717) is 11.6 Å². The molecule has 1 heterocycles. The van der Waals surface area contributed by atoms with Gasteiger partial charge >= 0.3 is 0 Å². The average molecular weight is 196 g/mol. The Bertz CT molecular complexity index is 291. The summed E-state index contributed by atoms with van der Waals surface area (Å²) in [5.74, 6) is 0.467. The van der Waals surface area contributed by atoms with Gasteiger partial charge in [-0.2, -0.15) is 0 Å². The van der Waals surface area contributed by atoms with Crippen LogP contribution in [-0.2, 0) is 0 Å². The maximum Gasteiger partial charge on any atom is 0.223 e. The lowest BCUT2D eigenvalue weighted by molar-refractivity contribution is 0.0646. The van der Waals surface area contributed by atoms with E-state index in [0.717, 1.165) is 0 Å². The predicted molar refractivity (Wildman–Crippen MR) is 55.8 cm³/mol. The number of anilines is 2. The van der Waals surface area contributed by atoms with E-state index in [4.69, 9.17) is 5.73 Å². The Labute approximate surface area is 83.4 Å². The first-order chi connectivity index (χ1) is 6.39. The van der Waals surface area contributed by atoms with E-state index in [1.165, 1.54) is 12.4 Å². The Morgan fingerprint density at radius 1 is 1.43 bits per heavy atom. The average Bonchev–Trinajstić information content (AvgIpc) is 2.07. The van der Waals surface area contributed by atoms with Crippen LogP contribution in [0.2, 0.25) is 0 Å². The second-order valence-electron chi connectivity index (χ2n) is 3.86. The van der Waals surface area contributed by atoms with E-state index in [9.17, 15) is 5.11 Å². The lowest BCUT2D eigenvalue weighted by Crippen LogP contribution is -2.39. The quantitative estimate of drug-likeness (QED) is 0.660. The van der Waals surface area contributed by atoms with E-state index in [1.807, 2.05) is 6.92 Å². The molecule has 1 atom stereocenters. The van der Waals surface area contributed by atoms with Crippen molar-refractivity contribution >= 4 is 11.6 Å². The molecule has 5 heteroatoms. The van der Waals surface area contributed by atoms with Gasteiger partial charge in [-0.15, -0.1) is 0 Å². The summed E-state index contributed by atoms with van der Waals surface area (Å²) in [6.07, 6.45) is 3.04. The first-order valence-electron chi connectivity index (χ1n) is 4.46. The second-order valence-corrected chi connectivity index (χ2v) is 3.86. The molecule has 0 amide bonds. The highest BCUT2D eigenvalue weighted by Gasteiger charge is 2.22. The number of nitrogens with zero attached hydrogens (tertiary/aromatic N) is 2. The highest BCUT2D eigenvalue weighted by molar-refractivity contribution is 5.36. The van der Waals surface area contributed by atoms with Crippen LogP contribution in [0.5, 0.6) is 0 Å². The van der Waals surface area contributed by atoms with Gasteiger partial charge in [0.2, 0.25) is 5.95 Å². The number of rotatable bonds is 3. The minimum Gasteiger partial charge on any atom is -0.396 e. The monoisotopic (exact) mass is 196 g/mol. The van der Waals surface area contributed by atoms with Crippen molar-refractivity contribution in [3.63, 3.8) is 0 Å². The molecule has 14 heavy (non-hydrogen) atoms. The molecule has 1 aromatic heterocycles. The molecule has 1 aromatic rings. The van der Waals surface area contributed by atoms with Gasteiger partial charge < -0.3 is 16.2 Å². The van der Waals surface area contributed by atoms with Gasteiger partial charge in [0.25, 0.3) is 0 Å². The van der Waals surface area contributed by atoms with Gasteiger partial charge in [0.05, 0.1) is 29.7 Å². The summed E-state index contributed by atoms with van der Waals surface area (Å²) in [6, 6.07) is -0.133. The number of nitrogen functional groups attached to an aromatic ring is 1. The Morgan fingerprint density at radius 2 is 1.93 bits per heavy atom. The molecule has 0 bridgehead atoms. The second kappa shape index (κ2) is 3.79. The van der Waals surface area contributed by atoms with Crippen LogP contribution in [0.15, 0.2) is 12.4 Å². The fraction of sp³-hybridized carbons (Fsp3) is 0.556. The van der Waals surface area contributed by atoms with Gasteiger partial charge in [-0.1, -0.05) is 0 Å². The highest BCUT2D eigenvalue weighted by Crippen LogP contribution is 2.12. The van der Waals surface area contributed by atoms with Crippen LogP contribution in [0.4, 0.5) is 11.6 Å². The van der Waals surface area contributed by atoms with Gasteiger partial charge in [-0.25, -0.2) is 9.97 Å². The molecule has 0 aliphatic heterocycles. The number of hydrogen-bond acceptors (Lipinski definition) is 5. The fourth-order valence-corrected chi connectivity index (χ4v) is 0.783. The topological polar surface area (TPSA) is 84.1 Å². The number of nitrogens with one attached hydrogen (secondary N) is 1. The maximum absolute atomic E-state index is 9.66. The number of nitrogens with two attached hydrogens (primary N) is 1. The van der Waals surface area contributed by atoms with Crippen molar-refractivity contribution in [3.05, 3.63) is 12.4 Å². The highest BCUT2D eigenvalue weighted by atomic mass is 16.3. The maximum atomic E-state index is 9.66. The minimum absolute atomic E-state index is 0.133. The Kier molecular flexibility index (Phi) is 2.90. The van der Waals surface area contributed by atoms with Crippen molar-refractivity contribution < 1.29 is 5.11 Å². The van der Waals surface area contributed by atoms with Crippen LogP contribution in [0, 0.1) is 0 Å². The van der Waals surface area contributed by atoms with Crippen LogP contribution in [-0.4, -0.2) is 26.7 Å². The minimum atomic E-state index is -0.815. The molecule has 0 fully saturated rings. The summed E-state index contributed by atoms with van der Waals surface area (Å²) >= 11 is 0. The zero-order valence-electron chi connectivity index (χ0n) is 8.65.